The third-order valence-corrected chi connectivity index (χ3v) is 6.32. The number of hydrogen-bond donors (Lipinski definition) is 1. The Morgan fingerprint density at radius 2 is 2.00 bits per heavy atom. The van der Waals surface area contributed by atoms with E-state index in [4.69, 9.17) is 4.74 Å². The van der Waals surface area contributed by atoms with Gasteiger partial charge in [-0.25, -0.2) is 0 Å². The summed E-state index contributed by atoms with van der Waals surface area (Å²) in [6, 6.07) is 18.6. The summed E-state index contributed by atoms with van der Waals surface area (Å²) in [6.45, 7) is 7.78. The van der Waals surface area contributed by atoms with E-state index >= 15 is 0 Å². The number of aryl methyl sites for hydroxylation is 2. The highest BCUT2D eigenvalue weighted by atomic mass is 32.2. The van der Waals surface area contributed by atoms with E-state index in [2.05, 4.69) is 63.7 Å². The fraction of sp³-hybridized carbons (Fsp3) is 0.375. The van der Waals surface area contributed by atoms with E-state index in [1.165, 1.54) is 17.3 Å². The Morgan fingerprint density at radius 1 is 1.16 bits per heavy atom. The fourth-order valence-electron chi connectivity index (χ4n) is 3.80. The van der Waals surface area contributed by atoms with Crippen LogP contribution in [0.5, 0.6) is 0 Å². The maximum atomic E-state index is 12.5. The van der Waals surface area contributed by atoms with Gasteiger partial charge in [0.1, 0.15) is 5.82 Å². The van der Waals surface area contributed by atoms with Crippen LogP contribution in [0.4, 0.5) is 0 Å². The Bertz CT molecular complexity index is 1040. The van der Waals surface area contributed by atoms with Gasteiger partial charge in [0.25, 0.3) is 0 Å². The van der Waals surface area contributed by atoms with E-state index in [9.17, 15) is 4.79 Å². The Kier molecular flexibility index (Phi) is 7.57. The summed E-state index contributed by atoms with van der Waals surface area (Å²) in [5.41, 5.74) is 3.46. The van der Waals surface area contributed by atoms with Crippen molar-refractivity contribution in [2.24, 2.45) is 0 Å². The molecule has 3 aromatic rings. The zero-order valence-electron chi connectivity index (χ0n) is 18.5. The largest absolute Gasteiger partial charge is 0.374 e. The highest BCUT2D eigenvalue weighted by Crippen LogP contribution is 2.22. The van der Waals surface area contributed by atoms with Gasteiger partial charge < -0.3 is 10.1 Å². The number of rotatable bonds is 8. The van der Waals surface area contributed by atoms with Crippen molar-refractivity contribution >= 4 is 17.7 Å². The van der Waals surface area contributed by atoms with E-state index in [0.717, 1.165) is 36.7 Å². The molecule has 7 nitrogen and oxygen atoms in total. The van der Waals surface area contributed by atoms with Gasteiger partial charge in [0.2, 0.25) is 5.91 Å². The number of nitrogens with zero attached hydrogens (tertiary/aromatic N) is 4. The molecule has 2 aromatic carbocycles. The van der Waals surface area contributed by atoms with Crippen LogP contribution in [0, 0.1) is 13.8 Å². The molecule has 0 radical (unpaired) electrons. The number of nitrogens with one attached hydrogen (secondary N) is 1. The van der Waals surface area contributed by atoms with Crippen molar-refractivity contribution < 1.29 is 9.53 Å². The van der Waals surface area contributed by atoms with Gasteiger partial charge in [-0.3, -0.25) is 14.3 Å². The number of morpholine rings is 1. The van der Waals surface area contributed by atoms with Crippen LogP contribution < -0.4 is 5.32 Å². The second-order valence-electron chi connectivity index (χ2n) is 8.01. The molecule has 2 heterocycles. The topological polar surface area (TPSA) is 72.3 Å². The van der Waals surface area contributed by atoms with Gasteiger partial charge in [-0.15, -0.1) is 10.2 Å². The lowest BCUT2D eigenvalue weighted by molar-refractivity contribution is -0.119. The summed E-state index contributed by atoms with van der Waals surface area (Å²) in [7, 11) is 0. The van der Waals surface area contributed by atoms with Crippen molar-refractivity contribution in [3.8, 4) is 5.69 Å². The summed E-state index contributed by atoms with van der Waals surface area (Å²) in [5, 5.41) is 12.2. The summed E-state index contributed by atoms with van der Waals surface area (Å²) < 4.78 is 7.84. The van der Waals surface area contributed by atoms with Crippen LogP contribution in [-0.2, 0) is 16.1 Å². The average molecular weight is 452 g/mol. The maximum Gasteiger partial charge on any atom is 0.230 e. The molecule has 0 spiro atoms. The van der Waals surface area contributed by atoms with Crippen LogP contribution in [-0.4, -0.2) is 63.7 Å². The first-order valence-electron chi connectivity index (χ1n) is 10.8. The number of ether oxygens (including phenoxy) is 1. The minimum Gasteiger partial charge on any atom is -0.374 e. The van der Waals surface area contributed by atoms with Crippen molar-refractivity contribution in [2.45, 2.75) is 31.7 Å². The molecule has 32 heavy (non-hydrogen) atoms. The van der Waals surface area contributed by atoms with Crippen LogP contribution >= 0.6 is 11.8 Å². The first-order valence-corrected chi connectivity index (χ1v) is 11.8. The van der Waals surface area contributed by atoms with Gasteiger partial charge in [0.05, 0.1) is 18.5 Å². The number of aromatic nitrogens is 3. The molecule has 4 rings (SSSR count). The molecule has 0 saturated carbocycles. The van der Waals surface area contributed by atoms with E-state index in [1.807, 2.05) is 29.7 Å². The van der Waals surface area contributed by atoms with Crippen molar-refractivity contribution in [2.75, 3.05) is 32.0 Å². The standard InChI is InChI=1S/C24H29N5O2S/c1-18-7-6-10-21(13-18)29-19(2)26-27-24(29)32-17-23(30)25-14-22-16-28(11-12-31-22)15-20-8-4-3-5-9-20/h3-10,13,22H,11-12,14-17H2,1-2H3,(H,25,30). The van der Waals surface area contributed by atoms with Gasteiger partial charge in [0.15, 0.2) is 5.16 Å². The number of carbonyl (C=O) groups excluding carboxylic acids is 1. The minimum atomic E-state index is -0.0322. The predicted molar refractivity (Wildman–Crippen MR) is 126 cm³/mol. The van der Waals surface area contributed by atoms with E-state index in [1.54, 1.807) is 0 Å². The Labute approximate surface area is 193 Å². The number of carbonyl (C=O) groups is 1. The lowest BCUT2D eigenvalue weighted by Gasteiger charge is -2.33. The van der Waals surface area contributed by atoms with Gasteiger partial charge in [-0.2, -0.15) is 0 Å². The average Bonchev–Trinajstić information content (AvgIpc) is 3.17. The zero-order valence-corrected chi connectivity index (χ0v) is 19.3. The molecular formula is C24H29N5O2S. The minimum absolute atomic E-state index is 0.000367. The van der Waals surface area contributed by atoms with Crippen molar-refractivity contribution in [3.63, 3.8) is 0 Å². The molecule has 1 N–H and O–H groups in total. The van der Waals surface area contributed by atoms with Gasteiger partial charge in [-0.1, -0.05) is 54.2 Å². The quantitative estimate of drug-likeness (QED) is 0.531. The molecule has 1 amide bonds. The van der Waals surface area contributed by atoms with E-state index < -0.39 is 0 Å². The molecule has 1 unspecified atom stereocenters. The molecule has 1 aliphatic rings. The number of amides is 1. The van der Waals surface area contributed by atoms with E-state index in [-0.39, 0.29) is 17.8 Å². The van der Waals surface area contributed by atoms with Gasteiger partial charge >= 0.3 is 0 Å². The molecule has 168 valence electrons. The Balaban J connectivity index is 1.26. The Hall–Kier alpha value is -2.68. The van der Waals surface area contributed by atoms with Crippen molar-refractivity contribution in [1.82, 2.24) is 25.0 Å². The lowest BCUT2D eigenvalue weighted by atomic mass is 10.2. The molecule has 0 aliphatic carbocycles. The van der Waals surface area contributed by atoms with Crippen molar-refractivity contribution in [1.29, 1.82) is 0 Å². The lowest BCUT2D eigenvalue weighted by Crippen LogP contribution is -2.47. The smallest absolute Gasteiger partial charge is 0.230 e. The SMILES string of the molecule is Cc1cccc(-n2c(C)nnc2SCC(=O)NCC2CN(Cc3ccccc3)CCO2)c1. The van der Waals surface area contributed by atoms with Crippen LogP contribution in [0.25, 0.3) is 5.69 Å². The second-order valence-corrected chi connectivity index (χ2v) is 8.95. The highest BCUT2D eigenvalue weighted by molar-refractivity contribution is 7.99. The predicted octanol–water partition coefficient (Wildman–Crippen LogP) is 2.99. The molecule has 1 fully saturated rings. The molecule has 1 atom stereocenters. The molecule has 8 heteroatoms. The second kappa shape index (κ2) is 10.8. The summed E-state index contributed by atoms with van der Waals surface area (Å²) in [6.07, 6.45) is -0.000367. The molecule has 1 saturated heterocycles. The summed E-state index contributed by atoms with van der Waals surface area (Å²) in [5.74, 6) is 1.05. The summed E-state index contributed by atoms with van der Waals surface area (Å²) in [4.78, 5) is 14.9. The highest BCUT2D eigenvalue weighted by Gasteiger charge is 2.21. The third kappa shape index (κ3) is 5.97. The molecule has 0 bridgehead atoms. The van der Waals surface area contributed by atoms with Gasteiger partial charge in [-0.05, 0) is 37.1 Å². The molecule has 1 aliphatic heterocycles. The number of benzene rings is 2. The van der Waals surface area contributed by atoms with Crippen LogP contribution in [0.15, 0.2) is 59.8 Å². The van der Waals surface area contributed by atoms with Crippen LogP contribution in [0.1, 0.15) is 17.0 Å². The van der Waals surface area contributed by atoms with E-state index in [0.29, 0.717) is 18.3 Å². The number of thioether (sulfide) groups is 1. The van der Waals surface area contributed by atoms with Crippen LogP contribution in [0.2, 0.25) is 0 Å². The normalized spacial score (nSPS) is 16.8. The Morgan fingerprint density at radius 3 is 2.81 bits per heavy atom. The monoisotopic (exact) mass is 451 g/mol. The summed E-state index contributed by atoms with van der Waals surface area (Å²) >= 11 is 1.39. The zero-order chi connectivity index (χ0) is 22.3. The van der Waals surface area contributed by atoms with Crippen molar-refractivity contribution in [3.05, 3.63) is 71.5 Å². The molecule has 1 aromatic heterocycles. The maximum absolute atomic E-state index is 12.5. The third-order valence-electron chi connectivity index (χ3n) is 5.39. The fourth-order valence-corrected chi connectivity index (χ4v) is 4.63. The van der Waals surface area contributed by atoms with Crippen LogP contribution in [0.3, 0.4) is 0 Å². The number of hydrogen-bond acceptors (Lipinski definition) is 6. The first kappa shape index (κ1) is 22.5. The first-order chi connectivity index (χ1) is 15.6. The molecular weight excluding hydrogens is 422 g/mol. The van der Waals surface area contributed by atoms with Gasteiger partial charge in [0, 0.05) is 31.9 Å².